The molecule has 3 nitrogen and oxygen atoms in total. The number of benzene rings is 2. The van der Waals surface area contributed by atoms with Gasteiger partial charge < -0.3 is 4.74 Å². The average molecular weight is 338 g/mol. The van der Waals surface area contributed by atoms with E-state index in [1.54, 1.807) is 0 Å². The molecular formula is C16H7ClF3NO2. The van der Waals surface area contributed by atoms with Gasteiger partial charge in [-0.15, -0.1) is 0 Å². The van der Waals surface area contributed by atoms with Crippen molar-refractivity contribution in [2.45, 2.75) is 0 Å². The molecule has 3 rings (SSSR count). The monoisotopic (exact) mass is 337 g/mol. The molecule has 0 amide bonds. The molecule has 7 heteroatoms. The van der Waals surface area contributed by atoms with Crippen molar-refractivity contribution in [1.82, 2.24) is 0 Å². The minimum atomic E-state index is -1.14. The summed E-state index contributed by atoms with van der Waals surface area (Å²) in [6.07, 6.45) is 1.38. The van der Waals surface area contributed by atoms with Crippen LogP contribution in [0, 0.1) is 17.5 Å². The third kappa shape index (κ3) is 3.12. The van der Waals surface area contributed by atoms with Gasteiger partial charge in [-0.1, -0.05) is 23.7 Å². The highest BCUT2D eigenvalue weighted by Crippen LogP contribution is 2.25. The molecule has 1 aliphatic heterocycles. The molecule has 0 saturated heterocycles. The Bertz CT molecular complexity index is 860. The summed E-state index contributed by atoms with van der Waals surface area (Å²) >= 11 is 5.81. The van der Waals surface area contributed by atoms with E-state index in [4.69, 9.17) is 16.3 Å². The zero-order valence-electron chi connectivity index (χ0n) is 11.3. The number of hydrogen-bond donors (Lipinski definition) is 0. The average Bonchev–Trinajstić information content (AvgIpc) is 2.86. The predicted octanol–water partition coefficient (Wildman–Crippen LogP) is 4.10. The van der Waals surface area contributed by atoms with Gasteiger partial charge in [0.15, 0.2) is 17.3 Å². The van der Waals surface area contributed by atoms with Crippen LogP contribution in [0.15, 0.2) is 47.1 Å². The molecule has 0 fully saturated rings. The Balaban J connectivity index is 1.98. The van der Waals surface area contributed by atoms with E-state index in [0.29, 0.717) is 5.56 Å². The first-order valence-corrected chi connectivity index (χ1v) is 6.75. The van der Waals surface area contributed by atoms with Crippen molar-refractivity contribution in [1.29, 1.82) is 0 Å². The second-order valence-electron chi connectivity index (χ2n) is 4.63. The van der Waals surface area contributed by atoms with Gasteiger partial charge in [-0.2, -0.15) is 0 Å². The number of halogens is 4. The number of carbonyl (C=O) groups excluding carboxylic acids is 1. The summed E-state index contributed by atoms with van der Waals surface area (Å²) < 4.78 is 44.2. The first-order valence-electron chi connectivity index (χ1n) is 6.37. The minimum Gasteiger partial charge on any atom is -0.402 e. The molecule has 116 valence electrons. The highest BCUT2D eigenvalue weighted by molar-refractivity contribution is 6.34. The third-order valence-electron chi connectivity index (χ3n) is 3.03. The summed E-state index contributed by atoms with van der Waals surface area (Å²) in [6.45, 7) is 0. The number of hydrogen-bond acceptors (Lipinski definition) is 3. The van der Waals surface area contributed by atoms with Gasteiger partial charge in [0.1, 0.15) is 5.82 Å². The molecule has 0 bridgehead atoms. The Kier molecular flexibility index (Phi) is 3.92. The fourth-order valence-corrected chi connectivity index (χ4v) is 2.16. The van der Waals surface area contributed by atoms with Crippen LogP contribution in [0.4, 0.5) is 13.2 Å². The van der Waals surface area contributed by atoms with Gasteiger partial charge in [-0.25, -0.2) is 23.0 Å². The van der Waals surface area contributed by atoms with Crippen molar-refractivity contribution in [3.63, 3.8) is 0 Å². The fourth-order valence-electron chi connectivity index (χ4n) is 1.93. The smallest absolute Gasteiger partial charge is 0.363 e. The molecule has 0 aliphatic carbocycles. The maximum Gasteiger partial charge on any atom is 0.363 e. The number of rotatable bonds is 2. The summed E-state index contributed by atoms with van der Waals surface area (Å²) in [4.78, 5) is 15.7. The number of aliphatic imine (C=N–C) groups is 1. The predicted molar refractivity (Wildman–Crippen MR) is 78.4 cm³/mol. The van der Waals surface area contributed by atoms with E-state index in [9.17, 15) is 18.0 Å². The largest absolute Gasteiger partial charge is 0.402 e. The maximum absolute atomic E-state index is 13.3. The molecule has 2 aromatic carbocycles. The van der Waals surface area contributed by atoms with E-state index in [1.165, 1.54) is 30.3 Å². The van der Waals surface area contributed by atoms with Crippen LogP contribution in [0.3, 0.4) is 0 Å². The second kappa shape index (κ2) is 5.89. The van der Waals surface area contributed by atoms with E-state index >= 15 is 0 Å². The molecule has 0 aromatic heterocycles. The fraction of sp³-hybridized carbons (Fsp3) is 0. The summed E-state index contributed by atoms with van der Waals surface area (Å²) in [5.41, 5.74) is 0.425. The van der Waals surface area contributed by atoms with Crippen molar-refractivity contribution in [2.24, 2.45) is 4.99 Å². The lowest BCUT2D eigenvalue weighted by Crippen LogP contribution is -2.07. The summed E-state index contributed by atoms with van der Waals surface area (Å²) in [7, 11) is 0. The number of carbonyl (C=O) groups is 1. The summed E-state index contributed by atoms with van der Waals surface area (Å²) in [6, 6.07) is 6.92. The van der Waals surface area contributed by atoms with Crippen LogP contribution in [0.5, 0.6) is 0 Å². The second-order valence-corrected chi connectivity index (χ2v) is 5.04. The first-order chi connectivity index (χ1) is 10.9. The van der Waals surface area contributed by atoms with Gasteiger partial charge in [-0.3, -0.25) is 0 Å². The van der Waals surface area contributed by atoms with E-state index in [2.05, 4.69) is 4.99 Å². The van der Waals surface area contributed by atoms with Crippen LogP contribution in [-0.4, -0.2) is 11.9 Å². The molecule has 2 aromatic rings. The van der Waals surface area contributed by atoms with Crippen molar-refractivity contribution < 1.29 is 22.7 Å². The van der Waals surface area contributed by atoms with Crippen LogP contribution >= 0.6 is 11.6 Å². The van der Waals surface area contributed by atoms with Crippen molar-refractivity contribution >= 4 is 29.5 Å². The van der Waals surface area contributed by atoms with E-state index in [-0.39, 0.29) is 22.2 Å². The number of esters is 1. The van der Waals surface area contributed by atoms with E-state index < -0.39 is 23.4 Å². The zero-order chi connectivity index (χ0) is 16.6. The molecular weight excluding hydrogens is 331 g/mol. The van der Waals surface area contributed by atoms with Gasteiger partial charge in [0.05, 0.1) is 10.6 Å². The lowest BCUT2D eigenvalue weighted by molar-refractivity contribution is -0.129. The minimum absolute atomic E-state index is 0.0403. The molecule has 0 N–H and O–H groups in total. The number of cyclic esters (lactones) is 1. The maximum atomic E-state index is 13.3. The van der Waals surface area contributed by atoms with Crippen molar-refractivity contribution in [3.05, 3.63) is 75.7 Å². The van der Waals surface area contributed by atoms with Crippen LogP contribution in [0.1, 0.15) is 11.1 Å². The molecule has 23 heavy (non-hydrogen) atoms. The van der Waals surface area contributed by atoms with Crippen LogP contribution in [0.2, 0.25) is 5.02 Å². The Hall–Kier alpha value is -2.60. The normalized spacial score (nSPS) is 15.7. The van der Waals surface area contributed by atoms with Gasteiger partial charge >= 0.3 is 5.97 Å². The van der Waals surface area contributed by atoms with Crippen LogP contribution < -0.4 is 0 Å². The van der Waals surface area contributed by atoms with Crippen LogP contribution in [-0.2, 0) is 9.53 Å². The SMILES string of the molecule is O=C1OC(c2cc(F)c(F)cc2Cl)=N/C1=C\c1ccc(F)cc1. The summed E-state index contributed by atoms with van der Waals surface area (Å²) in [5, 5.41) is -0.140. The molecule has 1 aliphatic rings. The van der Waals surface area contributed by atoms with E-state index in [0.717, 1.165) is 12.1 Å². The highest BCUT2D eigenvalue weighted by Gasteiger charge is 2.26. The number of nitrogens with zero attached hydrogens (tertiary/aromatic N) is 1. The highest BCUT2D eigenvalue weighted by atomic mass is 35.5. The van der Waals surface area contributed by atoms with Crippen molar-refractivity contribution in [3.8, 4) is 0 Å². The Morgan fingerprint density at radius 2 is 1.70 bits per heavy atom. The third-order valence-corrected chi connectivity index (χ3v) is 3.35. The molecule has 0 atom stereocenters. The van der Waals surface area contributed by atoms with Crippen LogP contribution in [0.25, 0.3) is 6.08 Å². The zero-order valence-corrected chi connectivity index (χ0v) is 12.1. The molecule has 0 saturated carbocycles. The summed E-state index contributed by atoms with van der Waals surface area (Å²) in [5.74, 6) is -3.68. The quantitative estimate of drug-likeness (QED) is 0.470. The molecule has 0 unspecified atom stereocenters. The Labute approximate surface area is 133 Å². The first kappa shape index (κ1) is 15.3. The molecule has 1 heterocycles. The van der Waals surface area contributed by atoms with E-state index in [1.807, 2.05) is 0 Å². The lowest BCUT2D eigenvalue weighted by Gasteiger charge is -2.03. The number of ether oxygens (including phenoxy) is 1. The molecule has 0 spiro atoms. The van der Waals surface area contributed by atoms with Gasteiger partial charge in [0.2, 0.25) is 5.90 Å². The Morgan fingerprint density at radius 3 is 2.39 bits per heavy atom. The van der Waals surface area contributed by atoms with Gasteiger partial charge in [0, 0.05) is 0 Å². The Morgan fingerprint density at radius 1 is 1.04 bits per heavy atom. The molecule has 0 radical (unpaired) electrons. The standard InChI is InChI=1S/C16H7ClF3NO2/c17-11-7-13(20)12(19)6-10(11)15-21-14(16(22)23-15)5-8-1-3-9(18)4-2-8/h1-7H/b14-5-. The van der Waals surface area contributed by atoms with Gasteiger partial charge in [0.25, 0.3) is 0 Å². The van der Waals surface area contributed by atoms with Crippen molar-refractivity contribution in [2.75, 3.05) is 0 Å². The topological polar surface area (TPSA) is 38.7 Å². The lowest BCUT2D eigenvalue weighted by atomic mass is 10.2. The van der Waals surface area contributed by atoms with Gasteiger partial charge in [-0.05, 0) is 35.9 Å².